The molecule has 31 heavy (non-hydrogen) atoms. The van der Waals surface area contributed by atoms with E-state index in [-0.39, 0.29) is 12.1 Å². The summed E-state index contributed by atoms with van der Waals surface area (Å²) in [5.41, 5.74) is 2.68. The van der Waals surface area contributed by atoms with Crippen LogP contribution in [0.5, 0.6) is 0 Å². The highest BCUT2D eigenvalue weighted by Crippen LogP contribution is 2.32. The minimum atomic E-state index is 0.107. The van der Waals surface area contributed by atoms with Gasteiger partial charge >= 0.3 is 0 Å². The molecule has 1 fully saturated rings. The van der Waals surface area contributed by atoms with Crippen LogP contribution in [-0.2, 0) is 0 Å². The molecule has 158 valence electrons. The van der Waals surface area contributed by atoms with Crippen molar-refractivity contribution in [3.8, 4) is 10.8 Å². The Hall–Kier alpha value is -2.80. The number of nitrogens with zero attached hydrogens (tertiary/aromatic N) is 4. The van der Waals surface area contributed by atoms with E-state index in [4.69, 9.17) is 4.42 Å². The quantitative estimate of drug-likeness (QED) is 0.417. The summed E-state index contributed by atoms with van der Waals surface area (Å²) in [6, 6.07) is 26.0. The van der Waals surface area contributed by atoms with E-state index in [1.807, 2.05) is 17.5 Å². The summed E-state index contributed by atoms with van der Waals surface area (Å²) in [7, 11) is 0. The molecule has 3 heterocycles. The monoisotopic (exact) mass is 430 g/mol. The molecule has 0 amide bonds. The van der Waals surface area contributed by atoms with Crippen LogP contribution >= 0.6 is 11.3 Å². The minimum Gasteiger partial charge on any atom is -0.418 e. The molecule has 5 rings (SSSR count). The lowest BCUT2D eigenvalue weighted by atomic mass is 9.96. The summed E-state index contributed by atoms with van der Waals surface area (Å²) in [5.74, 6) is 1.31. The van der Waals surface area contributed by atoms with Crippen LogP contribution in [0.1, 0.15) is 36.0 Å². The molecular formula is C25H26N4OS. The first-order valence-corrected chi connectivity index (χ1v) is 11.6. The Balaban J connectivity index is 1.29. The predicted octanol–water partition coefficient (Wildman–Crippen LogP) is 5.27. The van der Waals surface area contributed by atoms with Crippen LogP contribution in [0.4, 0.5) is 0 Å². The van der Waals surface area contributed by atoms with E-state index < -0.39 is 0 Å². The predicted molar refractivity (Wildman–Crippen MR) is 124 cm³/mol. The van der Waals surface area contributed by atoms with E-state index in [1.165, 1.54) is 11.1 Å². The van der Waals surface area contributed by atoms with Crippen LogP contribution in [0.25, 0.3) is 10.8 Å². The fourth-order valence-corrected chi connectivity index (χ4v) is 4.97. The SMILES string of the molecule is CC(c1nnc(-c2cccs2)o1)N1CCN(C(c2ccccc2)c2ccccc2)CC1. The molecule has 1 saturated heterocycles. The van der Waals surface area contributed by atoms with Gasteiger partial charge in [-0.05, 0) is 29.5 Å². The highest BCUT2D eigenvalue weighted by molar-refractivity contribution is 7.13. The molecule has 1 atom stereocenters. The van der Waals surface area contributed by atoms with Gasteiger partial charge < -0.3 is 4.42 Å². The van der Waals surface area contributed by atoms with Crippen molar-refractivity contribution in [2.75, 3.05) is 26.2 Å². The molecule has 4 aromatic rings. The van der Waals surface area contributed by atoms with E-state index >= 15 is 0 Å². The number of aromatic nitrogens is 2. The first-order chi connectivity index (χ1) is 15.3. The Labute approximate surface area is 187 Å². The summed E-state index contributed by atoms with van der Waals surface area (Å²) in [6.07, 6.45) is 0. The van der Waals surface area contributed by atoms with Gasteiger partial charge in [0.1, 0.15) is 0 Å². The average molecular weight is 431 g/mol. The van der Waals surface area contributed by atoms with Crippen molar-refractivity contribution in [2.45, 2.75) is 19.0 Å². The zero-order valence-corrected chi connectivity index (χ0v) is 18.4. The van der Waals surface area contributed by atoms with Gasteiger partial charge in [0.05, 0.1) is 17.0 Å². The van der Waals surface area contributed by atoms with Crippen LogP contribution in [0.3, 0.4) is 0 Å². The maximum atomic E-state index is 5.99. The van der Waals surface area contributed by atoms with Gasteiger partial charge in [-0.25, -0.2) is 0 Å². The molecule has 0 saturated carbocycles. The van der Waals surface area contributed by atoms with Crippen molar-refractivity contribution in [1.82, 2.24) is 20.0 Å². The Morgan fingerprint density at radius 1 is 0.774 bits per heavy atom. The lowest BCUT2D eigenvalue weighted by Crippen LogP contribution is -2.48. The molecule has 2 aromatic carbocycles. The molecule has 0 radical (unpaired) electrons. The molecule has 6 heteroatoms. The molecule has 1 unspecified atom stereocenters. The number of hydrogen-bond acceptors (Lipinski definition) is 6. The minimum absolute atomic E-state index is 0.107. The molecule has 0 bridgehead atoms. The standard InChI is InChI=1S/C25H26N4OS/c1-19(24-26-27-25(30-24)22-13-8-18-31-22)28-14-16-29(17-15-28)23(20-9-4-2-5-10-20)21-11-6-3-7-12-21/h2-13,18-19,23H,14-17H2,1H3. The van der Waals surface area contributed by atoms with Gasteiger partial charge in [0.2, 0.25) is 5.89 Å². The van der Waals surface area contributed by atoms with Gasteiger partial charge in [-0.1, -0.05) is 66.7 Å². The molecule has 2 aromatic heterocycles. The Morgan fingerprint density at radius 3 is 1.97 bits per heavy atom. The van der Waals surface area contributed by atoms with Gasteiger partial charge in [-0.2, -0.15) is 0 Å². The average Bonchev–Trinajstić information content (AvgIpc) is 3.53. The summed E-state index contributed by atoms with van der Waals surface area (Å²) >= 11 is 1.62. The normalized spacial score (nSPS) is 16.6. The van der Waals surface area contributed by atoms with Gasteiger partial charge in [-0.3, -0.25) is 9.80 Å². The van der Waals surface area contributed by atoms with Crippen molar-refractivity contribution >= 4 is 11.3 Å². The molecule has 1 aliphatic heterocycles. The molecule has 0 spiro atoms. The van der Waals surface area contributed by atoms with Crippen molar-refractivity contribution in [3.63, 3.8) is 0 Å². The summed E-state index contributed by atoms with van der Waals surface area (Å²) in [6.45, 7) is 6.07. The Bertz CT molecular complexity index is 1030. The van der Waals surface area contributed by atoms with Gasteiger partial charge in [0.15, 0.2) is 0 Å². The van der Waals surface area contributed by atoms with Crippen LogP contribution in [0, 0.1) is 0 Å². The zero-order chi connectivity index (χ0) is 21.0. The lowest BCUT2D eigenvalue weighted by molar-refractivity contribution is 0.0751. The van der Waals surface area contributed by atoms with Crippen LogP contribution in [0.15, 0.2) is 82.6 Å². The van der Waals surface area contributed by atoms with E-state index in [9.17, 15) is 0 Å². The highest BCUT2D eigenvalue weighted by atomic mass is 32.1. The van der Waals surface area contributed by atoms with E-state index in [2.05, 4.69) is 87.6 Å². The molecule has 0 N–H and O–H groups in total. The van der Waals surface area contributed by atoms with Crippen molar-refractivity contribution < 1.29 is 4.42 Å². The fraction of sp³-hybridized carbons (Fsp3) is 0.280. The van der Waals surface area contributed by atoms with Gasteiger partial charge in [0, 0.05) is 26.2 Å². The van der Waals surface area contributed by atoms with E-state index in [0.717, 1.165) is 31.1 Å². The van der Waals surface area contributed by atoms with Crippen molar-refractivity contribution in [3.05, 3.63) is 95.2 Å². The number of piperazine rings is 1. The smallest absolute Gasteiger partial charge is 0.257 e. The third-order valence-electron chi connectivity index (χ3n) is 6.02. The first kappa shape index (κ1) is 20.1. The topological polar surface area (TPSA) is 45.4 Å². The maximum absolute atomic E-state index is 5.99. The molecule has 0 aliphatic carbocycles. The van der Waals surface area contributed by atoms with E-state index in [0.29, 0.717) is 11.8 Å². The molecular weight excluding hydrogens is 404 g/mol. The fourth-order valence-electron chi connectivity index (χ4n) is 4.33. The van der Waals surface area contributed by atoms with E-state index in [1.54, 1.807) is 11.3 Å². The third-order valence-corrected chi connectivity index (χ3v) is 6.88. The second-order valence-electron chi connectivity index (χ2n) is 7.89. The van der Waals surface area contributed by atoms with Crippen LogP contribution in [0.2, 0.25) is 0 Å². The first-order valence-electron chi connectivity index (χ1n) is 10.7. The summed E-state index contributed by atoms with van der Waals surface area (Å²) in [4.78, 5) is 6.04. The van der Waals surface area contributed by atoms with Gasteiger partial charge in [0.25, 0.3) is 5.89 Å². The Morgan fingerprint density at radius 2 is 1.39 bits per heavy atom. The van der Waals surface area contributed by atoms with Crippen molar-refractivity contribution in [1.29, 1.82) is 0 Å². The number of thiophene rings is 1. The summed E-state index contributed by atoms with van der Waals surface area (Å²) < 4.78 is 5.99. The van der Waals surface area contributed by atoms with Crippen molar-refractivity contribution in [2.24, 2.45) is 0 Å². The largest absolute Gasteiger partial charge is 0.418 e. The third kappa shape index (κ3) is 4.32. The second-order valence-corrected chi connectivity index (χ2v) is 8.84. The second kappa shape index (κ2) is 9.14. The maximum Gasteiger partial charge on any atom is 0.257 e. The zero-order valence-electron chi connectivity index (χ0n) is 17.6. The number of benzene rings is 2. The summed E-state index contributed by atoms with van der Waals surface area (Å²) in [5, 5.41) is 10.6. The van der Waals surface area contributed by atoms with Crippen LogP contribution in [-0.4, -0.2) is 46.2 Å². The molecule has 5 nitrogen and oxygen atoms in total. The molecule has 1 aliphatic rings. The lowest BCUT2D eigenvalue weighted by Gasteiger charge is -2.41. The van der Waals surface area contributed by atoms with Gasteiger partial charge in [-0.15, -0.1) is 21.5 Å². The number of hydrogen-bond donors (Lipinski definition) is 0. The Kier molecular flexibility index (Phi) is 5.93. The number of rotatable bonds is 6. The highest BCUT2D eigenvalue weighted by Gasteiger charge is 2.30. The van der Waals surface area contributed by atoms with Crippen LogP contribution < -0.4 is 0 Å².